The van der Waals surface area contributed by atoms with Gasteiger partial charge in [-0.3, -0.25) is 9.59 Å². The molecule has 4 unspecified atom stereocenters. The molecule has 0 spiro atoms. The van der Waals surface area contributed by atoms with Gasteiger partial charge in [0, 0.05) is 11.8 Å². The Bertz CT molecular complexity index is 520. The molecule has 2 bridgehead atoms. The van der Waals surface area contributed by atoms with E-state index in [1.807, 2.05) is 20.8 Å². The maximum atomic E-state index is 12.2. The summed E-state index contributed by atoms with van der Waals surface area (Å²) in [5.74, 6) is -0.700. The fourth-order valence-corrected chi connectivity index (χ4v) is 3.72. The van der Waals surface area contributed by atoms with Crippen LogP contribution in [0.15, 0.2) is 0 Å². The molecule has 5 atom stereocenters. The molecule has 2 saturated carbocycles. The van der Waals surface area contributed by atoms with Crippen molar-refractivity contribution in [3.63, 3.8) is 0 Å². The Morgan fingerprint density at radius 3 is 2.90 bits per heavy atom. The molecule has 0 aromatic carbocycles. The monoisotopic (exact) mass is 277 g/mol. The minimum Gasteiger partial charge on any atom is -0.458 e. The van der Waals surface area contributed by atoms with Crippen molar-refractivity contribution in [3.05, 3.63) is 0 Å². The smallest absolute Gasteiger partial charge is 0.327 e. The summed E-state index contributed by atoms with van der Waals surface area (Å²) < 4.78 is 11.0. The van der Waals surface area contributed by atoms with Crippen LogP contribution in [0.1, 0.15) is 40.0 Å². The molecular formula is C15H19NO4. The summed E-state index contributed by atoms with van der Waals surface area (Å²) in [7, 11) is 0. The van der Waals surface area contributed by atoms with Crippen LogP contribution in [0.5, 0.6) is 0 Å². The fraction of sp³-hybridized carbons (Fsp3) is 0.800. The van der Waals surface area contributed by atoms with Gasteiger partial charge in [-0.2, -0.15) is 5.26 Å². The highest BCUT2D eigenvalue weighted by Gasteiger charge is 2.72. The van der Waals surface area contributed by atoms with Crippen LogP contribution in [-0.2, 0) is 19.1 Å². The normalized spacial score (nSPS) is 41.4. The van der Waals surface area contributed by atoms with Crippen molar-refractivity contribution in [3.8, 4) is 6.07 Å². The number of nitriles is 1. The number of rotatable bonds is 3. The molecule has 0 aromatic heterocycles. The molecule has 2 aliphatic carbocycles. The maximum absolute atomic E-state index is 12.2. The number of ether oxygens (including phenoxy) is 2. The lowest BCUT2D eigenvalue weighted by Gasteiger charge is -2.30. The van der Waals surface area contributed by atoms with Crippen LogP contribution in [0, 0.1) is 34.0 Å². The molecule has 5 heteroatoms. The van der Waals surface area contributed by atoms with E-state index in [0.717, 1.165) is 6.42 Å². The van der Waals surface area contributed by atoms with E-state index in [1.165, 1.54) is 0 Å². The molecule has 3 rings (SSSR count). The van der Waals surface area contributed by atoms with Gasteiger partial charge in [-0.15, -0.1) is 0 Å². The average molecular weight is 277 g/mol. The lowest BCUT2D eigenvalue weighted by molar-refractivity contribution is -0.170. The summed E-state index contributed by atoms with van der Waals surface area (Å²) in [5, 5.41) is 9.31. The third kappa shape index (κ3) is 1.48. The average Bonchev–Trinajstić information content (AvgIpc) is 3.00. The summed E-state index contributed by atoms with van der Waals surface area (Å²) in [4.78, 5) is 24.2. The van der Waals surface area contributed by atoms with E-state index in [9.17, 15) is 14.9 Å². The van der Waals surface area contributed by atoms with Crippen LogP contribution in [0.25, 0.3) is 0 Å². The highest BCUT2D eigenvalue weighted by atomic mass is 16.6. The molecule has 3 fully saturated rings. The van der Waals surface area contributed by atoms with Gasteiger partial charge < -0.3 is 9.47 Å². The van der Waals surface area contributed by atoms with Gasteiger partial charge in [-0.1, -0.05) is 6.92 Å². The topological polar surface area (TPSA) is 76.4 Å². The molecule has 3 aliphatic rings. The molecule has 20 heavy (non-hydrogen) atoms. The summed E-state index contributed by atoms with van der Waals surface area (Å²) in [5.41, 5.74) is -1.50. The molecule has 5 nitrogen and oxygen atoms in total. The Morgan fingerprint density at radius 2 is 2.30 bits per heavy atom. The van der Waals surface area contributed by atoms with E-state index in [1.54, 1.807) is 0 Å². The van der Waals surface area contributed by atoms with Crippen molar-refractivity contribution in [1.29, 1.82) is 5.26 Å². The Balaban J connectivity index is 1.80. The Labute approximate surface area is 118 Å². The first-order valence-electron chi connectivity index (χ1n) is 7.19. The highest BCUT2D eigenvalue weighted by molar-refractivity contribution is 5.84. The van der Waals surface area contributed by atoms with Crippen LogP contribution in [0.2, 0.25) is 0 Å². The lowest BCUT2D eigenvalue weighted by Crippen LogP contribution is -2.42. The Kier molecular flexibility index (Phi) is 2.66. The second kappa shape index (κ2) is 3.97. The standard InChI is InChI=1S/C15H19NO4/c1-4-14(2,3)12(17)19-10-8-5-9-11(10)20-13(18)15(9,6-8)7-16/h8-11H,4-6H2,1-3H3/t8-,9?,10?,11?,15?/m0/s1. The maximum Gasteiger partial charge on any atom is 0.327 e. The van der Waals surface area contributed by atoms with Gasteiger partial charge in [0.1, 0.15) is 12.2 Å². The third-order valence-corrected chi connectivity index (χ3v) is 5.45. The molecule has 108 valence electrons. The van der Waals surface area contributed by atoms with Crippen molar-refractivity contribution < 1.29 is 19.1 Å². The predicted molar refractivity (Wildman–Crippen MR) is 68.1 cm³/mol. The first kappa shape index (κ1) is 13.4. The number of hydrogen-bond donors (Lipinski definition) is 0. The van der Waals surface area contributed by atoms with Crippen molar-refractivity contribution in [1.82, 2.24) is 0 Å². The van der Waals surface area contributed by atoms with Gasteiger partial charge in [-0.05, 0) is 33.1 Å². The molecule has 0 radical (unpaired) electrons. The second-order valence-corrected chi connectivity index (χ2v) is 6.87. The number of fused-ring (bicyclic) bond motifs is 1. The number of esters is 2. The van der Waals surface area contributed by atoms with Crippen LogP contribution in [0.3, 0.4) is 0 Å². The van der Waals surface area contributed by atoms with Crippen molar-refractivity contribution in [2.75, 3.05) is 0 Å². The van der Waals surface area contributed by atoms with E-state index in [4.69, 9.17) is 9.47 Å². The van der Waals surface area contributed by atoms with Gasteiger partial charge in [0.2, 0.25) is 0 Å². The molecule has 0 aromatic rings. The van der Waals surface area contributed by atoms with E-state index < -0.39 is 22.9 Å². The Morgan fingerprint density at radius 1 is 1.60 bits per heavy atom. The van der Waals surface area contributed by atoms with Crippen LogP contribution < -0.4 is 0 Å². The first-order chi connectivity index (χ1) is 9.35. The zero-order valence-corrected chi connectivity index (χ0v) is 12.0. The fourth-order valence-electron chi connectivity index (χ4n) is 3.72. The third-order valence-electron chi connectivity index (χ3n) is 5.45. The predicted octanol–water partition coefficient (Wildman–Crippen LogP) is 1.81. The van der Waals surface area contributed by atoms with Crippen molar-refractivity contribution in [2.24, 2.45) is 22.7 Å². The van der Waals surface area contributed by atoms with Gasteiger partial charge in [0.25, 0.3) is 0 Å². The van der Waals surface area contributed by atoms with Crippen molar-refractivity contribution >= 4 is 11.9 Å². The first-order valence-corrected chi connectivity index (χ1v) is 7.19. The van der Waals surface area contributed by atoms with E-state index >= 15 is 0 Å². The molecule has 0 amide bonds. The SMILES string of the molecule is CCC(C)(C)C(=O)OC1C2OC(=O)C3(C#N)C[C@@H]1CC23. The number of carbonyl (C=O) groups is 2. The van der Waals surface area contributed by atoms with E-state index in [2.05, 4.69) is 6.07 Å². The quantitative estimate of drug-likeness (QED) is 0.735. The van der Waals surface area contributed by atoms with Gasteiger partial charge in [0.15, 0.2) is 5.41 Å². The molecule has 1 heterocycles. The molecule has 1 saturated heterocycles. The minimum atomic E-state index is -0.974. The molecule has 1 aliphatic heterocycles. The van der Waals surface area contributed by atoms with Crippen LogP contribution in [-0.4, -0.2) is 24.1 Å². The largest absolute Gasteiger partial charge is 0.458 e. The summed E-state index contributed by atoms with van der Waals surface area (Å²) in [6, 6.07) is 2.15. The van der Waals surface area contributed by atoms with Gasteiger partial charge >= 0.3 is 11.9 Å². The highest BCUT2D eigenvalue weighted by Crippen LogP contribution is 2.62. The zero-order chi connectivity index (χ0) is 14.7. The summed E-state index contributed by atoms with van der Waals surface area (Å²) >= 11 is 0. The molecular weight excluding hydrogens is 258 g/mol. The number of nitrogens with zero attached hydrogens (tertiary/aromatic N) is 1. The van der Waals surface area contributed by atoms with Crippen LogP contribution in [0.4, 0.5) is 0 Å². The summed E-state index contributed by atoms with van der Waals surface area (Å²) in [6.07, 6.45) is 1.12. The zero-order valence-electron chi connectivity index (χ0n) is 12.0. The summed E-state index contributed by atoms with van der Waals surface area (Å²) in [6.45, 7) is 5.64. The van der Waals surface area contributed by atoms with Crippen molar-refractivity contribution in [2.45, 2.75) is 52.2 Å². The molecule has 0 N–H and O–H groups in total. The van der Waals surface area contributed by atoms with Gasteiger partial charge in [-0.25, -0.2) is 0 Å². The lowest BCUT2D eigenvalue weighted by atomic mass is 9.74. The van der Waals surface area contributed by atoms with E-state index in [-0.39, 0.29) is 23.9 Å². The number of hydrogen-bond acceptors (Lipinski definition) is 5. The van der Waals surface area contributed by atoms with Gasteiger partial charge in [0.05, 0.1) is 11.5 Å². The Hall–Kier alpha value is -1.57. The minimum absolute atomic E-state index is 0.0766. The van der Waals surface area contributed by atoms with Crippen LogP contribution >= 0.6 is 0 Å². The number of carbonyl (C=O) groups excluding carboxylic acids is 2. The van der Waals surface area contributed by atoms with E-state index in [0.29, 0.717) is 12.8 Å². The second-order valence-electron chi connectivity index (χ2n) is 6.87.